The van der Waals surface area contributed by atoms with Gasteiger partial charge in [0.05, 0.1) is 5.56 Å². The lowest BCUT2D eigenvalue weighted by atomic mass is 9.81. The lowest BCUT2D eigenvalue weighted by molar-refractivity contribution is -0.140. The Kier molecular flexibility index (Phi) is 3.38. The third-order valence-electron chi connectivity index (χ3n) is 3.45. The highest BCUT2D eigenvalue weighted by Crippen LogP contribution is 2.34. The Morgan fingerprint density at radius 2 is 2.05 bits per heavy atom. The lowest BCUT2D eigenvalue weighted by Crippen LogP contribution is -2.30. The second-order valence-electron chi connectivity index (χ2n) is 5.01. The van der Waals surface area contributed by atoms with Crippen LogP contribution in [0.5, 0.6) is 0 Å². The molecule has 0 aromatic heterocycles. The van der Waals surface area contributed by atoms with Crippen LogP contribution in [0.15, 0.2) is 18.2 Å². The molecule has 1 aliphatic heterocycles. The molecule has 1 heterocycles. The number of benzene rings is 1. The monoisotopic (exact) mass is 275 g/mol. The molecule has 0 radical (unpaired) electrons. The van der Waals surface area contributed by atoms with E-state index < -0.39 is 23.0 Å². The summed E-state index contributed by atoms with van der Waals surface area (Å²) in [5.74, 6) is -1.74. The van der Waals surface area contributed by atoms with E-state index in [1.54, 1.807) is 6.92 Å². The molecule has 1 N–H and O–H groups in total. The highest BCUT2D eigenvalue weighted by molar-refractivity contribution is 6.00. The summed E-state index contributed by atoms with van der Waals surface area (Å²) in [6.07, 6.45) is -4.15. The van der Waals surface area contributed by atoms with Crippen molar-refractivity contribution >= 4 is 5.78 Å². The fourth-order valence-electron chi connectivity index (χ4n) is 2.25. The summed E-state index contributed by atoms with van der Waals surface area (Å²) in [7, 11) is 0. The number of carbonyl (C=O) groups excluding carboxylic acids is 1. The second kappa shape index (κ2) is 4.59. The second-order valence-corrected chi connectivity index (χ2v) is 5.01. The minimum absolute atomic E-state index is 0.0169. The number of carbonyl (C=O) groups is 1. The number of hydrogen-bond donors (Lipinski definition) is 1. The highest BCUT2D eigenvalue weighted by Gasteiger charge is 2.38. The number of alkyl halides is 3. The molecule has 1 aromatic carbocycles. The third-order valence-corrected chi connectivity index (χ3v) is 3.45. The van der Waals surface area contributed by atoms with Gasteiger partial charge in [0.25, 0.3) is 0 Å². The number of rotatable bonds is 2. The summed E-state index contributed by atoms with van der Waals surface area (Å²) in [6.45, 7) is 2.85. The first-order valence-corrected chi connectivity index (χ1v) is 5.86. The maximum atomic E-state index is 13.4. The van der Waals surface area contributed by atoms with E-state index >= 15 is 0 Å². The predicted molar refractivity (Wildman–Crippen MR) is 61.3 cm³/mol. The minimum Gasteiger partial charge on any atom is -0.316 e. The molecular weight excluding hydrogens is 262 g/mol. The van der Waals surface area contributed by atoms with Crippen LogP contribution < -0.4 is 5.32 Å². The number of halogens is 4. The van der Waals surface area contributed by atoms with Gasteiger partial charge in [0.1, 0.15) is 5.82 Å². The van der Waals surface area contributed by atoms with Gasteiger partial charge >= 0.3 is 6.18 Å². The van der Waals surface area contributed by atoms with Crippen molar-refractivity contribution < 1.29 is 22.4 Å². The smallest absolute Gasteiger partial charge is 0.316 e. The van der Waals surface area contributed by atoms with Gasteiger partial charge in [-0.2, -0.15) is 13.2 Å². The zero-order valence-electron chi connectivity index (χ0n) is 10.3. The van der Waals surface area contributed by atoms with E-state index in [-0.39, 0.29) is 11.3 Å². The van der Waals surface area contributed by atoms with Gasteiger partial charge in [-0.15, -0.1) is 0 Å². The van der Waals surface area contributed by atoms with E-state index in [1.807, 2.05) is 0 Å². The zero-order chi connectivity index (χ0) is 14.3. The Balaban J connectivity index is 2.32. The van der Waals surface area contributed by atoms with E-state index in [1.165, 1.54) is 0 Å². The molecule has 0 spiro atoms. The first kappa shape index (κ1) is 14.0. The molecule has 1 aliphatic rings. The van der Waals surface area contributed by atoms with Gasteiger partial charge in [-0.25, -0.2) is 4.39 Å². The van der Waals surface area contributed by atoms with Gasteiger partial charge in [0, 0.05) is 17.5 Å². The Hall–Kier alpha value is -1.43. The van der Waals surface area contributed by atoms with E-state index in [9.17, 15) is 22.4 Å². The number of nitrogens with one attached hydrogen (secondary N) is 1. The van der Waals surface area contributed by atoms with Crippen LogP contribution in [0.25, 0.3) is 0 Å². The SMILES string of the molecule is CC1(C(=O)c2ccc(C(F)(F)F)c(F)c2)CCNC1. The predicted octanol–water partition coefficient (Wildman–Crippen LogP) is 3.03. The molecule has 2 rings (SSSR count). The summed E-state index contributed by atoms with van der Waals surface area (Å²) in [6, 6.07) is 2.33. The highest BCUT2D eigenvalue weighted by atomic mass is 19.4. The number of Topliss-reactive ketones (excluding diaryl/α,β-unsaturated/α-hetero) is 1. The molecule has 1 aromatic rings. The molecule has 1 atom stereocenters. The third kappa shape index (κ3) is 2.63. The molecule has 0 bridgehead atoms. The van der Waals surface area contributed by atoms with Gasteiger partial charge in [-0.05, 0) is 25.1 Å². The lowest BCUT2D eigenvalue weighted by Gasteiger charge is -2.21. The van der Waals surface area contributed by atoms with Crippen molar-refractivity contribution in [3.63, 3.8) is 0 Å². The first-order valence-electron chi connectivity index (χ1n) is 5.86. The Bertz CT molecular complexity index is 504. The van der Waals surface area contributed by atoms with E-state index in [2.05, 4.69) is 5.32 Å². The van der Waals surface area contributed by atoms with Crippen LogP contribution >= 0.6 is 0 Å². The molecule has 0 amide bonds. The maximum absolute atomic E-state index is 13.4. The van der Waals surface area contributed by atoms with Crippen molar-refractivity contribution in [3.8, 4) is 0 Å². The summed E-state index contributed by atoms with van der Waals surface area (Å²) < 4.78 is 50.7. The molecule has 1 fully saturated rings. The summed E-state index contributed by atoms with van der Waals surface area (Å²) in [5.41, 5.74) is -2.04. The fraction of sp³-hybridized carbons (Fsp3) is 0.462. The quantitative estimate of drug-likeness (QED) is 0.664. The molecule has 2 nitrogen and oxygen atoms in total. The molecule has 104 valence electrons. The average molecular weight is 275 g/mol. The van der Waals surface area contributed by atoms with E-state index in [0.717, 1.165) is 6.07 Å². The molecule has 19 heavy (non-hydrogen) atoms. The molecule has 0 aliphatic carbocycles. The Labute approximate surface area is 107 Å². The summed E-state index contributed by atoms with van der Waals surface area (Å²) >= 11 is 0. The largest absolute Gasteiger partial charge is 0.419 e. The number of hydrogen-bond acceptors (Lipinski definition) is 2. The van der Waals surface area contributed by atoms with Crippen LogP contribution in [0.4, 0.5) is 17.6 Å². The van der Waals surface area contributed by atoms with Gasteiger partial charge in [-0.1, -0.05) is 13.0 Å². The molecular formula is C13H13F4NO. The fourth-order valence-corrected chi connectivity index (χ4v) is 2.25. The van der Waals surface area contributed by atoms with Crippen LogP contribution in [0.1, 0.15) is 29.3 Å². The van der Waals surface area contributed by atoms with Gasteiger partial charge in [0.2, 0.25) is 0 Å². The number of ketones is 1. The van der Waals surface area contributed by atoms with Crippen molar-refractivity contribution in [3.05, 3.63) is 35.1 Å². The van der Waals surface area contributed by atoms with E-state index in [4.69, 9.17) is 0 Å². The van der Waals surface area contributed by atoms with Crippen molar-refractivity contribution in [1.82, 2.24) is 5.32 Å². The van der Waals surface area contributed by atoms with Gasteiger partial charge in [-0.3, -0.25) is 4.79 Å². The minimum atomic E-state index is -4.75. The molecule has 0 saturated carbocycles. The topological polar surface area (TPSA) is 29.1 Å². The van der Waals surface area contributed by atoms with Crippen molar-refractivity contribution in [2.24, 2.45) is 5.41 Å². The maximum Gasteiger partial charge on any atom is 0.419 e. The summed E-state index contributed by atoms with van der Waals surface area (Å²) in [5, 5.41) is 3.02. The first-order chi connectivity index (χ1) is 8.74. The Morgan fingerprint density at radius 1 is 1.37 bits per heavy atom. The zero-order valence-corrected chi connectivity index (χ0v) is 10.3. The summed E-state index contributed by atoms with van der Waals surface area (Å²) in [4.78, 5) is 12.2. The molecule has 1 unspecified atom stereocenters. The Morgan fingerprint density at radius 3 is 2.53 bits per heavy atom. The van der Waals surface area contributed by atoms with Crippen molar-refractivity contribution in [2.75, 3.05) is 13.1 Å². The van der Waals surface area contributed by atoms with Crippen LogP contribution in [0, 0.1) is 11.2 Å². The average Bonchev–Trinajstić information content (AvgIpc) is 2.74. The van der Waals surface area contributed by atoms with Crippen molar-refractivity contribution in [1.29, 1.82) is 0 Å². The van der Waals surface area contributed by atoms with Gasteiger partial charge in [0.15, 0.2) is 5.78 Å². The standard InChI is InChI=1S/C13H13F4NO/c1-12(4-5-18-7-12)11(19)8-2-3-9(10(14)6-8)13(15,16)17/h2-3,6,18H,4-5,7H2,1H3. The normalized spacial score (nSPS) is 23.6. The molecule has 1 saturated heterocycles. The molecule has 6 heteroatoms. The van der Waals surface area contributed by atoms with E-state index in [0.29, 0.717) is 31.6 Å². The van der Waals surface area contributed by atoms with Crippen LogP contribution in [0.3, 0.4) is 0 Å². The van der Waals surface area contributed by atoms with Crippen LogP contribution in [0.2, 0.25) is 0 Å². The van der Waals surface area contributed by atoms with Crippen molar-refractivity contribution in [2.45, 2.75) is 19.5 Å². The van der Waals surface area contributed by atoms with Crippen LogP contribution in [-0.2, 0) is 6.18 Å². The van der Waals surface area contributed by atoms with Crippen LogP contribution in [-0.4, -0.2) is 18.9 Å². The van der Waals surface area contributed by atoms with Gasteiger partial charge < -0.3 is 5.32 Å².